The maximum Gasteiger partial charge on any atom is 0.446 e. The number of nitriles is 1. The number of carbonyl (C=O) groups is 1. The molecular formula is C12H10F3NO2S2. The zero-order valence-electron chi connectivity index (χ0n) is 10.3. The molecule has 0 aliphatic heterocycles. The molecule has 0 spiro atoms. The molecule has 0 aromatic heterocycles. The maximum absolute atomic E-state index is 12.4. The molecule has 0 radical (unpaired) electrons. The Kier molecular flexibility index (Phi) is 5.77. The minimum atomic E-state index is -4.49. The third kappa shape index (κ3) is 4.65. The molecular weight excluding hydrogens is 311 g/mol. The topological polar surface area (TPSA) is 50.1 Å². The Morgan fingerprint density at radius 1 is 1.50 bits per heavy atom. The van der Waals surface area contributed by atoms with Gasteiger partial charge in [0.1, 0.15) is 6.07 Å². The Morgan fingerprint density at radius 2 is 2.15 bits per heavy atom. The maximum atomic E-state index is 12.4. The predicted molar refractivity (Wildman–Crippen MR) is 70.7 cm³/mol. The molecule has 0 N–H and O–H groups in total. The van der Waals surface area contributed by atoms with E-state index in [1.54, 1.807) is 13.0 Å². The molecule has 0 aliphatic rings. The van der Waals surface area contributed by atoms with Crippen LogP contribution in [0.1, 0.15) is 18.1 Å². The van der Waals surface area contributed by atoms with E-state index in [0.717, 1.165) is 6.07 Å². The number of esters is 1. The lowest BCUT2D eigenvalue weighted by molar-refractivity contribution is -0.142. The predicted octanol–water partition coefficient (Wildman–Crippen LogP) is 3.56. The SMILES string of the molecule is CCOC(=O)Cc1ccc(SC(F)(F)F)c(C#N)c1S. The van der Waals surface area contributed by atoms with E-state index < -0.39 is 11.5 Å². The largest absolute Gasteiger partial charge is 0.466 e. The molecule has 0 fully saturated rings. The normalized spacial score (nSPS) is 11.0. The number of rotatable bonds is 4. The van der Waals surface area contributed by atoms with Crippen molar-refractivity contribution in [3.8, 4) is 6.07 Å². The van der Waals surface area contributed by atoms with Crippen molar-refractivity contribution in [1.82, 2.24) is 0 Å². The van der Waals surface area contributed by atoms with Crippen molar-refractivity contribution in [2.24, 2.45) is 0 Å². The Bertz CT molecular complexity index is 553. The van der Waals surface area contributed by atoms with Crippen molar-refractivity contribution in [3.63, 3.8) is 0 Å². The van der Waals surface area contributed by atoms with Crippen molar-refractivity contribution in [2.75, 3.05) is 6.61 Å². The summed E-state index contributed by atoms with van der Waals surface area (Å²) in [5.74, 6) is -0.525. The summed E-state index contributed by atoms with van der Waals surface area (Å²) in [6.45, 7) is 1.84. The van der Waals surface area contributed by atoms with Crippen LogP contribution in [-0.2, 0) is 16.0 Å². The summed E-state index contributed by atoms with van der Waals surface area (Å²) in [7, 11) is 0. The minimum Gasteiger partial charge on any atom is -0.466 e. The van der Waals surface area contributed by atoms with Gasteiger partial charge in [0.05, 0.1) is 18.6 Å². The molecule has 20 heavy (non-hydrogen) atoms. The van der Waals surface area contributed by atoms with Crippen LogP contribution >= 0.6 is 24.4 Å². The molecule has 0 bridgehead atoms. The van der Waals surface area contributed by atoms with Gasteiger partial charge < -0.3 is 4.74 Å². The first-order valence-electron chi connectivity index (χ1n) is 5.44. The molecule has 0 saturated heterocycles. The minimum absolute atomic E-state index is 0.0646. The number of alkyl halides is 3. The van der Waals surface area contributed by atoms with Gasteiger partial charge in [-0.3, -0.25) is 4.79 Å². The molecule has 0 saturated carbocycles. The van der Waals surface area contributed by atoms with Crippen LogP contribution in [0.15, 0.2) is 21.9 Å². The highest BCUT2D eigenvalue weighted by Gasteiger charge is 2.31. The number of hydrogen-bond donors (Lipinski definition) is 1. The van der Waals surface area contributed by atoms with E-state index in [4.69, 9.17) is 10.00 Å². The molecule has 0 heterocycles. The molecule has 1 aromatic rings. The van der Waals surface area contributed by atoms with Crippen LogP contribution in [0.2, 0.25) is 0 Å². The quantitative estimate of drug-likeness (QED) is 0.523. The van der Waals surface area contributed by atoms with Crippen molar-refractivity contribution in [2.45, 2.75) is 28.6 Å². The van der Waals surface area contributed by atoms with Crippen LogP contribution in [-0.4, -0.2) is 18.1 Å². The van der Waals surface area contributed by atoms with Gasteiger partial charge in [-0.2, -0.15) is 18.4 Å². The lowest BCUT2D eigenvalue weighted by Gasteiger charge is -2.11. The zero-order chi connectivity index (χ0) is 15.3. The fourth-order valence-electron chi connectivity index (χ4n) is 1.44. The first-order valence-corrected chi connectivity index (χ1v) is 6.71. The molecule has 0 atom stereocenters. The van der Waals surface area contributed by atoms with E-state index in [1.165, 1.54) is 6.07 Å². The van der Waals surface area contributed by atoms with Crippen molar-refractivity contribution in [1.29, 1.82) is 5.26 Å². The summed E-state index contributed by atoms with van der Waals surface area (Å²) in [6, 6.07) is 4.18. The standard InChI is InChI=1S/C12H10F3NO2S2/c1-2-18-10(17)5-7-3-4-9(20-12(13,14)15)8(6-16)11(7)19/h3-4,19H,2,5H2,1H3. The Hall–Kier alpha value is -1.33. The van der Waals surface area contributed by atoms with Gasteiger partial charge in [-0.1, -0.05) is 6.07 Å². The summed E-state index contributed by atoms with van der Waals surface area (Å²) in [6.07, 6.45) is -0.141. The fourth-order valence-corrected chi connectivity index (χ4v) is 2.48. The fraction of sp³-hybridized carbons (Fsp3) is 0.333. The van der Waals surface area contributed by atoms with Gasteiger partial charge in [0.2, 0.25) is 0 Å². The third-order valence-electron chi connectivity index (χ3n) is 2.20. The first kappa shape index (κ1) is 16.7. The van der Waals surface area contributed by atoms with Crippen molar-refractivity contribution >= 4 is 30.4 Å². The second-order valence-electron chi connectivity index (χ2n) is 3.59. The van der Waals surface area contributed by atoms with Gasteiger partial charge in [-0.05, 0) is 30.3 Å². The van der Waals surface area contributed by atoms with Gasteiger partial charge in [-0.25, -0.2) is 0 Å². The third-order valence-corrected chi connectivity index (χ3v) is 3.50. The number of halogens is 3. The summed E-state index contributed by atoms with van der Waals surface area (Å²) >= 11 is 3.66. The molecule has 3 nitrogen and oxygen atoms in total. The number of thiol groups is 1. The molecule has 0 amide bonds. The summed E-state index contributed by atoms with van der Waals surface area (Å²) in [4.78, 5) is 11.2. The van der Waals surface area contributed by atoms with Crippen LogP contribution in [0.5, 0.6) is 0 Å². The van der Waals surface area contributed by atoms with E-state index >= 15 is 0 Å². The van der Waals surface area contributed by atoms with E-state index in [9.17, 15) is 18.0 Å². The van der Waals surface area contributed by atoms with E-state index in [0.29, 0.717) is 5.56 Å². The summed E-state index contributed by atoms with van der Waals surface area (Å²) < 4.78 is 41.8. The van der Waals surface area contributed by atoms with Gasteiger partial charge in [-0.15, -0.1) is 12.6 Å². The molecule has 0 aliphatic carbocycles. The van der Waals surface area contributed by atoms with E-state index in [2.05, 4.69) is 12.6 Å². The van der Waals surface area contributed by atoms with Gasteiger partial charge in [0.15, 0.2) is 0 Å². The highest BCUT2D eigenvalue weighted by Crippen LogP contribution is 2.40. The van der Waals surface area contributed by atoms with Crippen LogP contribution < -0.4 is 0 Å². The first-order chi connectivity index (χ1) is 9.28. The number of nitrogens with zero attached hydrogens (tertiary/aromatic N) is 1. The van der Waals surface area contributed by atoms with Crippen LogP contribution in [0, 0.1) is 11.3 Å². The smallest absolute Gasteiger partial charge is 0.446 e. The lowest BCUT2D eigenvalue weighted by atomic mass is 10.1. The average Bonchev–Trinajstić information content (AvgIpc) is 2.31. The summed E-state index contributed by atoms with van der Waals surface area (Å²) in [5.41, 5.74) is -4.33. The molecule has 8 heteroatoms. The average molecular weight is 321 g/mol. The summed E-state index contributed by atoms with van der Waals surface area (Å²) in [5, 5.41) is 8.96. The lowest BCUT2D eigenvalue weighted by Crippen LogP contribution is -2.09. The second-order valence-corrected chi connectivity index (χ2v) is 5.14. The van der Waals surface area contributed by atoms with Crippen LogP contribution in [0.3, 0.4) is 0 Å². The van der Waals surface area contributed by atoms with Gasteiger partial charge in [0.25, 0.3) is 0 Å². The molecule has 1 aromatic carbocycles. The number of ether oxygens (including phenoxy) is 1. The molecule has 0 unspecified atom stereocenters. The highest BCUT2D eigenvalue weighted by molar-refractivity contribution is 8.00. The van der Waals surface area contributed by atoms with E-state index in [1.807, 2.05) is 0 Å². The van der Waals surface area contributed by atoms with Gasteiger partial charge in [0, 0.05) is 9.79 Å². The second kappa shape index (κ2) is 6.90. The molecule has 108 valence electrons. The highest BCUT2D eigenvalue weighted by atomic mass is 32.2. The Morgan fingerprint density at radius 3 is 2.65 bits per heavy atom. The molecule has 1 rings (SSSR count). The van der Waals surface area contributed by atoms with Crippen molar-refractivity contribution in [3.05, 3.63) is 23.3 Å². The van der Waals surface area contributed by atoms with Crippen LogP contribution in [0.25, 0.3) is 0 Å². The number of carbonyl (C=O) groups excluding carboxylic acids is 1. The number of hydrogen-bond acceptors (Lipinski definition) is 5. The Balaban J connectivity index is 3.09. The van der Waals surface area contributed by atoms with E-state index in [-0.39, 0.29) is 40.1 Å². The number of benzene rings is 1. The van der Waals surface area contributed by atoms with Gasteiger partial charge >= 0.3 is 11.5 Å². The van der Waals surface area contributed by atoms with Crippen LogP contribution in [0.4, 0.5) is 13.2 Å². The monoisotopic (exact) mass is 321 g/mol. The number of thioether (sulfide) groups is 1. The zero-order valence-corrected chi connectivity index (χ0v) is 12.0. The Labute approximate surface area is 123 Å². The van der Waals surface area contributed by atoms with Crippen molar-refractivity contribution < 1.29 is 22.7 Å².